The van der Waals surface area contributed by atoms with Crippen molar-refractivity contribution in [2.75, 3.05) is 13.2 Å². The molecule has 0 radical (unpaired) electrons. The molecule has 1 N–H and O–H groups in total. The fourth-order valence-corrected chi connectivity index (χ4v) is 1.29. The largest absolute Gasteiger partial charge is 0.566 e. The monoisotopic (exact) mass is 257 g/mol. The van der Waals surface area contributed by atoms with E-state index in [1.54, 1.807) is 0 Å². The van der Waals surface area contributed by atoms with E-state index in [0.717, 1.165) is 5.56 Å². The number of ether oxygens (including phenoxy) is 1. The fourth-order valence-electron chi connectivity index (χ4n) is 1.05. The van der Waals surface area contributed by atoms with Gasteiger partial charge in [-0.3, -0.25) is 0 Å². The number of nitrogens with one attached hydrogen (secondary N) is 1. The maximum atomic E-state index is 11.1. The van der Waals surface area contributed by atoms with Gasteiger partial charge in [0, 0.05) is 6.54 Å². The van der Waals surface area contributed by atoms with E-state index >= 15 is 0 Å². The van der Waals surface area contributed by atoms with Crippen LogP contribution in [0.25, 0.3) is 0 Å². The molecule has 1 aromatic carbocycles. The lowest BCUT2D eigenvalue weighted by Crippen LogP contribution is -2.27. The molecule has 0 bridgehead atoms. The number of hydrogen-bond donors (Lipinski definition) is 1. The molecular formula is C10H12NO5P. The van der Waals surface area contributed by atoms with Crippen LogP contribution in [0.4, 0.5) is 4.79 Å². The van der Waals surface area contributed by atoms with Crippen LogP contribution < -0.4 is 10.2 Å². The van der Waals surface area contributed by atoms with Crippen LogP contribution in [0.15, 0.2) is 30.3 Å². The first kappa shape index (κ1) is 13.6. The van der Waals surface area contributed by atoms with Crippen molar-refractivity contribution < 1.29 is 23.5 Å². The summed E-state index contributed by atoms with van der Waals surface area (Å²) in [6, 6.07) is 9.21. The van der Waals surface area contributed by atoms with Gasteiger partial charge in [-0.25, -0.2) is 4.79 Å². The average Bonchev–Trinajstić information content (AvgIpc) is 2.33. The Morgan fingerprint density at radius 3 is 2.71 bits per heavy atom. The summed E-state index contributed by atoms with van der Waals surface area (Å²) in [7, 11) is -2.87. The molecule has 1 aromatic rings. The topological polar surface area (TPSA) is 87.7 Å². The van der Waals surface area contributed by atoms with Crippen LogP contribution in [0.2, 0.25) is 0 Å². The van der Waals surface area contributed by atoms with E-state index in [1.807, 2.05) is 30.3 Å². The molecule has 1 atom stereocenters. The molecule has 7 heteroatoms. The first-order valence-electron chi connectivity index (χ1n) is 4.90. The van der Waals surface area contributed by atoms with Gasteiger partial charge in [0.1, 0.15) is 13.2 Å². The predicted molar refractivity (Wildman–Crippen MR) is 58.2 cm³/mol. The van der Waals surface area contributed by atoms with E-state index in [2.05, 4.69) is 9.84 Å². The van der Waals surface area contributed by atoms with Crippen molar-refractivity contribution in [1.82, 2.24) is 5.32 Å². The van der Waals surface area contributed by atoms with Crippen LogP contribution >= 0.6 is 8.25 Å². The Hall–Kier alpha value is -1.49. The average molecular weight is 257 g/mol. The highest BCUT2D eigenvalue weighted by atomic mass is 31.1. The second kappa shape index (κ2) is 7.73. The number of hydrogen-bond acceptors (Lipinski definition) is 5. The van der Waals surface area contributed by atoms with Crippen molar-refractivity contribution in [2.45, 2.75) is 6.61 Å². The van der Waals surface area contributed by atoms with E-state index in [4.69, 9.17) is 4.74 Å². The lowest BCUT2D eigenvalue weighted by Gasteiger charge is -2.05. The van der Waals surface area contributed by atoms with Crippen molar-refractivity contribution in [3.8, 4) is 0 Å². The summed E-state index contributed by atoms with van der Waals surface area (Å²) in [4.78, 5) is 21.1. The summed E-state index contributed by atoms with van der Waals surface area (Å²) in [5, 5.41) is 2.35. The summed E-state index contributed by atoms with van der Waals surface area (Å²) < 4.78 is 19.1. The van der Waals surface area contributed by atoms with Crippen LogP contribution in [0, 0.1) is 0 Å². The van der Waals surface area contributed by atoms with Crippen LogP contribution in [-0.2, 0) is 20.4 Å². The minimum absolute atomic E-state index is 0.0803. The zero-order valence-electron chi connectivity index (χ0n) is 9.00. The van der Waals surface area contributed by atoms with E-state index in [1.165, 1.54) is 0 Å². The third kappa shape index (κ3) is 6.63. The summed E-state index contributed by atoms with van der Waals surface area (Å²) in [5.74, 6) is 0. The van der Waals surface area contributed by atoms with Gasteiger partial charge in [-0.2, -0.15) is 0 Å². The number of rotatable bonds is 6. The normalized spacial score (nSPS) is 10.8. The summed E-state index contributed by atoms with van der Waals surface area (Å²) in [6.07, 6.45) is -0.612. The van der Waals surface area contributed by atoms with Crippen molar-refractivity contribution in [1.29, 1.82) is 0 Å². The van der Waals surface area contributed by atoms with Gasteiger partial charge in [0.05, 0.1) is 0 Å². The van der Waals surface area contributed by atoms with Gasteiger partial charge in [0.2, 0.25) is 0 Å². The number of alkyl carbamates (subject to hydrolysis) is 1. The minimum atomic E-state index is -2.87. The second-order valence-corrected chi connectivity index (χ2v) is 3.75. The van der Waals surface area contributed by atoms with E-state index in [-0.39, 0.29) is 19.8 Å². The molecule has 0 aliphatic heterocycles. The van der Waals surface area contributed by atoms with Crippen LogP contribution in [0.5, 0.6) is 0 Å². The SMILES string of the molecule is O=C(NCCO[P+](=O)[O-])OCc1ccccc1. The quantitative estimate of drug-likeness (QED) is 0.605. The van der Waals surface area contributed by atoms with Crippen molar-refractivity contribution in [3.63, 3.8) is 0 Å². The molecule has 1 rings (SSSR count). The number of carbonyl (C=O) groups is 1. The third-order valence-corrected chi connectivity index (χ3v) is 2.17. The maximum absolute atomic E-state index is 11.1. The second-order valence-electron chi connectivity index (χ2n) is 3.05. The van der Waals surface area contributed by atoms with Gasteiger partial charge >= 0.3 is 14.3 Å². The summed E-state index contributed by atoms with van der Waals surface area (Å²) in [6.45, 7) is 0.152. The molecule has 17 heavy (non-hydrogen) atoms. The first-order chi connectivity index (χ1) is 8.18. The molecule has 92 valence electrons. The minimum Gasteiger partial charge on any atom is -0.566 e. The Morgan fingerprint density at radius 1 is 1.35 bits per heavy atom. The zero-order valence-corrected chi connectivity index (χ0v) is 9.89. The highest BCUT2D eigenvalue weighted by molar-refractivity contribution is 7.30. The molecule has 0 saturated carbocycles. The van der Waals surface area contributed by atoms with Gasteiger partial charge in [0.25, 0.3) is 0 Å². The molecule has 0 aliphatic carbocycles. The Labute approximate surface area is 99.5 Å². The van der Waals surface area contributed by atoms with Crippen LogP contribution in [0.3, 0.4) is 0 Å². The molecule has 0 aliphatic rings. The smallest absolute Gasteiger partial charge is 0.488 e. The van der Waals surface area contributed by atoms with Crippen molar-refractivity contribution in [2.24, 2.45) is 0 Å². The number of amides is 1. The molecule has 0 saturated heterocycles. The maximum Gasteiger partial charge on any atom is 0.488 e. The molecular weight excluding hydrogens is 245 g/mol. The zero-order chi connectivity index (χ0) is 12.5. The summed E-state index contributed by atoms with van der Waals surface area (Å²) in [5.41, 5.74) is 0.876. The Bertz CT molecular complexity index is 370. The number of benzene rings is 1. The van der Waals surface area contributed by atoms with Crippen LogP contribution in [0.1, 0.15) is 5.56 Å². The Kier molecular flexibility index (Phi) is 6.17. The molecule has 1 unspecified atom stereocenters. The standard InChI is InChI=1S/C10H12NO5P/c12-10(11-6-7-16-17(13)14)15-8-9-4-2-1-3-5-9/h1-5H,6-8H2,(H,11,12). The highest BCUT2D eigenvalue weighted by Gasteiger charge is 2.04. The Balaban J connectivity index is 2.11. The molecule has 6 nitrogen and oxygen atoms in total. The van der Waals surface area contributed by atoms with Gasteiger partial charge in [-0.05, 0) is 10.1 Å². The molecule has 0 spiro atoms. The van der Waals surface area contributed by atoms with E-state index in [9.17, 15) is 14.3 Å². The van der Waals surface area contributed by atoms with Crippen molar-refractivity contribution in [3.05, 3.63) is 35.9 Å². The molecule has 0 aromatic heterocycles. The first-order valence-corrected chi connectivity index (χ1v) is 6.00. The predicted octanol–water partition coefficient (Wildman–Crippen LogP) is 0.947. The highest BCUT2D eigenvalue weighted by Crippen LogP contribution is 2.06. The summed E-state index contributed by atoms with van der Waals surface area (Å²) >= 11 is 0. The fraction of sp³-hybridized carbons (Fsp3) is 0.300. The van der Waals surface area contributed by atoms with Crippen LogP contribution in [-0.4, -0.2) is 19.2 Å². The third-order valence-electron chi connectivity index (χ3n) is 1.78. The van der Waals surface area contributed by atoms with Gasteiger partial charge in [0.15, 0.2) is 0 Å². The lowest BCUT2D eigenvalue weighted by atomic mass is 10.2. The Morgan fingerprint density at radius 2 is 2.06 bits per heavy atom. The van der Waals surface area contributed by atoms with Gasteiger partial charge < -0.3 is 14.9 Å². The lowest BCUT2D eigenvalue weighted by molar-refractivity contribution is -0.185. The molecule has 0 heterocycles. The van der Waals surface area contributed by atoms with E-state index < -0.39 is 14.3 Å². The van der Waals surface area contributed by atoms with E-state index in [0.29, 0.717) is 0 Å². The van der Waals surface area contributed by atoms with Gasteiger partial charge in [-0.15, -0.1) is 4.52 Å². The number of carbonyl (C=O) groups excluding carboxylic acids is 1. The van der Waals surface area contributed by atoms with Gasteiger partial charge in [-0.1, -0.05) is 30.3 Å². The molecule has 0 fully saturated rings. The molecule has 1 amide bonds. The van der Waals surface area contributed by atoms with Crippen molar-refractivity contribution >= 4 is 14.3 Å².